The molecule has 1 fully saturated rings. The molecule has 0 aliphatic carbocycles. The van der Waals surface area contributed by atoms with Gasteiger partial charge in [-0.1, -0.05) is 35.9 Å². The zero-order valence-corrected chi connectivity index (χ0v) is 15.3. The molecule has 1 N–H and O–H groups in total. The number of amides is 2. The highest BCUT2D eigenvalue weighted by Gasteiger charge is 2.32. The molecule has 2 aromatic carbocycles. The second-order valence-electron chi connectivity index (χ2n) is 6.28. The van der Waals surface area contributed by atoms with E-state index in [1.165, 1.54) is 18.2 Å². The summed E-state index contributed by atoms with van der Waals surface area (Å²) < 4.78 is 5.18. The fraction of sp³-hybridized carbons (Fsp3) is 0.300. The van der Waals surface area contributed by atoms with Gasteiger partial charge in [-0.3, -0.25) is 4.79 Å². The SMILES string of the molecule is CNC(=O)OC1CC(=O)N(c2ccc(CCc3ccc(Cl)cc3)cc2)C1. The Morgan fingerprint density at radius 2 is 1.69 bits per heavy atom. The Morgan fingerprint density at radius 3 is 2.27 bits per heavy atom. The highest BCUT2D eigenvalue weighted by atomic mass is 35.5. The van der Waals surface area contributed by atoms with Gasteiger partial charge < -0.3 is 15.0 Å². The van der Waals surface area contributed by atoms with Crippen molar-refractivity contribution in [2.45, 2.75) is 25.4 Å². The maximum atomic E-state index is 12.2. The summed E-state index contributed by atoms with van der Waals surface area (Å²) in [5.41, 5.74) is 3.27. The minimum atomic E-state index is -0.512. The normalized spacial score (nSPS) is 16.6. The molecule has 26 heavy (non-hydrogen) atoms. The molecule has 0 saturated carbocycles. The average Bonchev–Trinajstić information content (AvgIpc) is 3.01. The molecule has 1 unspecified atom stereocenters. The lowest BCUT2D eigenvalue weighted by Crippen LogP contribution is -2.29. The Bertz CT molecular complexity index is 775. The molecule has 0 aromatic heterocycles. The Kier molecular flexibility index (Phi) is 5.78. The van der Waals surface area contributed by atoms with Gasteiger partial charge in [-0.2, -0.15) is 0 Å². The van der Waals surface area contributed by atoms with Crippen molar-refractivity contribution >= 4 is 29.3 Å². The number of halogens is 1. The van der Waals surface area contributed by atoms with E-state index in [0.717, 1.165) is 23.6 Å². The second kappa shape index (κ2) is 8.23. The van der Waals surface area contributed by atoms with Crippen LogP contribution in [0.4, 0.5) is 10.5 Å². The van der Waals surface area contributed by atoms with Crippen LogP contribution >= 0.6 is 11.6 Å². The van der Waals surface area contributed by atoms with Gasteiger partial charge in [0.1, 0.15) is 6.10 Å². The number of alkyl carbamates (subject to hydrolysis) is 1. The molecule has 2 amide bonds. The van der Waals surface area contributed by atoms with E-state index < -0.39 is 12.2 Å². The van der Waals surface area contributed by atoms with E-state index in [0.29, 0.717) is 6.54 Å². The smallest absolute Gasteiger partial charge is 0.407 e. The van der Waals surface area contributed by atoms with Crippen LogP contribution in [0.1, 0.15) is 17.5 Å². The molecule has 1 saturated heterocycles. The Balaban J connectivity index is 1.58. The number of carbonyl (C=O) groups excluding carboxylic acids is 2. The zero-order valence-electron chi connectivity index (χ0n) is 14.6. The first-order valence-electron chi connectivity index (χ1n) is 8.57. The number of carbonyl (C=O) groups is 2. The van der Waals surface area contributed by atoms with Crippen molar-refractivity contribution in [3.8, 4) is 0 Å². The highest BCUT2D eigenvalue weighted by molar-refractivity contribution is 6.30. The van der Waals surface area contributed by atoms with E-state index in [1.54, 1.807) is 4.90 Å². The molecule has 0 spiro atoms. The summed E-state index contributed by atoms with van der Waals surface area (Å²) in [4.78, 5) is 25.1. The number of rotatable bonds is 5. The van der Waals surface area contributed by atoms with Gasteiger partial charge >= 0.3 is 6.09 Å². The molecule has 2 aromatic rings. The van der Waals surface area contributed by atoms with Crippen LogP contribution in [0.2, 0.25) is 5.02 Å². The lowest BCUT2D eigenvalue weighted by molar-refractivity contribution is -0.117. The summed E-state index contributed by atoms with van der Waals surface area (Å²) in [6.07, 6.45) is 1.14. The highest BCUT2D eigenvalue weighted by Crippen LogP contribution is 2.24. The number of nitrogens with one attached hydrogen (secondary N) is 1. The van der Waals surface area contributed by atoms with Crippen molar-refractivity contribution in [2.75, 3.05) is 18.5 Å². The van der Waals surface area contributed by atoms with Gasteiger partial charge in [0.05, 0.1) is 13.0 Å². The van der Waals surface area contributed by atoms with Crippen LogP contribution in [0.15, 0.2) is 48.5 Å². The van der Waals surface area contributed by atoms with Gasteiger partial charge in [0.25, 0.3) is 0 Å². The van der Waals surface area contributed by atoms with E-state index in [-0.39, 0.29) is 12.3 Å². The third-order valence-electron chi connectivity index (χ3n) is 4.43. The number of nitrogens with zero attached hydrogens (tertiary/aromatic N) is 1. The number of aryl methyl sites for hydroxylation is 2. The molecule has 3 rings (SSSR count). The van der Waals surface area contributed by atoms with Gasteiger partial charge in [-0.05, 0) is 48.2 Å². The predicted octanol–water partition coefficient (Wildman–Crippen LogP) is 3.59. The quantitative estimate of drug-likeness (QED) is 0.872. The molecular formula is C20H21ClN2O3. The molecule has 136 valence electrons. The van der Waals surface area contributed by atoms with Crippen LogP contribution in [0, 0.1) is 0 Å². The van der Waals surface area contributed by atoms with Gasteiger partial charge in [-0.15, -0.1) is 0 Å². The molecular weight excluding hydrogens is 352 g/mol. The van der Waals surface area contributed by atoms with Crippen LogP contribution in [0.5, 0.6) is 0 Å². The Labute approximate surface area is 157 Å². The van der Waals surface area contributed by atoms with E-state index in [1.807, 2.05) is 48.5 Å². The molecule has 1 heterocycles. The van der Waals surface area contributed by atoms with Crippen LogP contribution < -0.4 is 10.2 Å². The van der Waals surface area contributed by atoms with Crippen molar-refractivity contribution < 1.29 is 14.3 Å². The van der Waals surface area contributed by atoms with Crippen molar-refractivity contribution in [2.24, 2.45) is 0 Å². The first-order chi connectivity index (χ1) is 12.5. The van der Waals surface area contributed by atoms with Crippen LogP contribution in [-0.4, -0.2) is 31.7 Å². The Morgan fingerprint density at radius 1 is 1.12 bits per heavy atom. The van der Waals surface area contributed by atoms with E-state index in [4.69, 9.17) is 16.3 Å². The monoisotopic (exact) mass is 372 g/mol. The molecule has 0 radical (unpaired) electrons. The lowest BCUT2D eigenvalue weighted by atomic mass is 10.0. The number of hydrogen-bond acceptors (Lipinski definition) is 3. The maximum absolute atomic E-state index is 12.2. The van der Waals surface area contributed by atoms with Gasteiger partial charge in [0.15, 0.2) is 0 Å². The summed E-state index contributed by atoms with van der Waals surface area (Å²) in [5, 5.41) is 3.14. The average molecular weight is 373 g/mol. The first-order valence-corrected chi connectivity index (χ1v) is 8.95. The predicted molar refractivity (Wildman–Crippen MR) is 102 cm³/mol. The summed E-state index contributed by atoms with van der Waals surface area (Å²) in [6, 6.07) is 15.8. The van der Waals surface area contributed by atoms with Crippen LogP contribution in [-0.2, 0) is 22.4 Å². The summed E-state index contributed by atoms with van der Waals surface area (Å²) in [7, 11) is 1.50. The third kappa shape index (κ3) is 4.55. The number of anilines is 1. The topological polar surface area (TPSA) is 58.6 Å². The van der Waals surface area contributed by atoms with Crippen molar-refractivity contribution in [1.29, 1.82) is 0 Å². The minimum Gasteiger partial charge on any atom is -0.444 e. The first kappa shape index (κ1) is 18.3. The van der Waals surface area contributed by atoms with E-state index >= 15 is 0 Å². The molecule has 1 atom stereocenters. The number of benzene rings is 2. The standard InChI is InChI=1S/C20H21ClN2O3/c1-22-20(25)26-18-12-19(24)23(13-18)17-10-6-15(7-11-17)3-2-14-4-8-16(21)9-5-14/h4-11,18H,2-3,12-13H2,1H3,(H,22,25). The number of ether oxygens (including phenoxy) is 1. The van der Waals surface area contributed by atoms with Gasteiger partial charge in [-0.25, -0.2) is 4.79 Å². The van der Waals surface area contributed by atoms with E-state index in [9.17, 15) is 9.59 Å². The van der Waals surface area contributed by atoms with E-state index in [2.05, 4.69) is 5.32 Å². The van der Waals surface area contributed by atoms with Gasteiger partial charge in [0.2, 0.25) is 5.91 Å². The summed E-state index contributed by atoms with van der Waals surface area (Å²) in [5.74, 6) is -0.0344. The van der Waals surface area contributed by atoms with Crippen molar-refractivity contribution in [3.63, 3.8) is 0 Å². The molecule has 5 nitrogen and oxygen atoms in total. The number of hydrogen-bond donors (Lipinski definition) is 1. The van der Waals surface area contributed by atoms with Crippen LogP contribution in [0.3, 0.4) is 0 Å². The largest absolute Gasteiger partial charge is 0.444 e. The lowest BCUT2D eigenvalue weighted by Gasteiger charge is -2.17. The zero-order chi connectivity index (χ0) is 18.5. The summed E-state index contributed by atoms with van der Waals surface area (Å²) in [6.45, 7) is 0.385. The minimum absolute atomic E-state index is 0.0344. The van der Waals surface area contributed by atoms with Gasteiger partial charge in [0, 0.05) is 17.8 Å². The summed E-state index contributed by atoms with van der Waals surface area (Å²) >= 11 is 5.90. The fourth-order valence-corrected chi connectivity index (χ4v) is 3.12. The second-order valence-corrected chi connectivity index (χ2v) is 6.72. The molecule has 1 aliphatic rings. The van der Waals surface area contributed by atoms with Crippen LogP contribution in [0.25, 0.3) is 0 Å². The Hall–Kier alpha value is -2.53. The fourth-order valence-electron chi connectivity index (χ4n) is 3.00. The maximum Gasteiger partial charge on any atom is 0.407 e. The van der Waals surface area contributed by atoms with Crippen molar-refractivity contribution in [3.05, 3.63) is 64.7 Å². The molecule has 0 bridgehead atoms. The van der Waals surface area contributed by atoms with Crippen molar-refractivity contribution in [1.82, 2.24) is 5.32 Å². The molecule has 1 aliphatic heterocycles. The third-order valence-corrected chi connectivity index (χ3v) is 4.68. The molecule has 6 heteroatoms.